The minimum absolute atomic E-state index is 0. The molecule has 7 heteroatoms. The first-order valence-corrected chi connectivity index (χ1v) is 8.28. The third-order valence-electron chi connectivity index (χ3n) is 4.55. The molecule has 2 N–H and O–H groups in total. The molecule has 3 heterocycles. The highest BCUT2D eigenvalue weighted by Gasteiger charge is 2.25. The topological polar surface area (TPSA) is 80.0 Å². The second-order valence-electron chi connectivity index (χ2n) is 6.66. The highest BCUT2D eigenvalue weighted by Crippen LogP contribution is 2.25. The van der Waals surface area contributed by atoms with E-state index < -0.39 is 0 Å². The molecule has 2 aromatic heterocycles. The molecule has 132 valence electrons. The van der Waals surface area contributed by atoms with Gasteiger partial charge in [0.05, 0.1) is 16.6 Å². The summed E-state index contributed by atoms with van der Waals surface area (Å²) >= 11 is 0. The number of fused-ring (bicyclic) bond motifs is 1. The van der Waals surface area contributed by atoms with E-state index in [4.69, 9.17) is 4.52 Å². The molecule has 1 aliphatic rings. The van der Waals surface area contributed by atoms with Gasteiger partial charge < -0.3 is 15.2 Å². The molecule has 0 aromatic carbocycles. The first-order chi connectivity index (χ1) is 11.0. The van der Waals surface area contributed by atoms with Gasteiger partial charge in [-0.15, -0.1) is 12.4 Å². The molecular formula is C17H25ClN4O2. The number of piperidine rings is 1. The molecule has 0 saturated carbocycles. The zero-order valence-corrected chi connectivity index (χ0v) is 15.4. The third kappa shape index (κ3) is 3.54. The fourth-order valence-corrected chi connectivity index (χ4v) is 3.08. The maximum absolute atomic E-state index is 12.9. The van der Waals surface area contributed by atoms with Crippen molar-refractivity contribution in [3.05, 3.63) is 23.0 Å². The Morgan fingerprint density at radius 3 is 2.88 bits per heavy atom. The largest absolute Gasteiger partial charge is 0.348 e. The van der Waals surface area contributed by atoms with Gasteiger partial charge in [0.25, 0.3) is 11.6 Å². The first kappa shape index (κ1) is 18.7. The minimum atomic E-state index is -0.0776. The van der Waals surface area contributed by atoms with E-state index in [1.807, 2.05) is 26.8 Å². The predicted molar refractivity (Wildman–Crippen MR) is 95.8 cm³/mol. The number of hydrogen-bond donors (Lipinski definition) is 2. The van der Waals surface area contributed by atoms with E-state index in [0.717, 1.165) is 25.1 Å². The van der Waals surface area contributed by atoms with E-state index in [1.165, 1.54) is 0 Å². The Kier molecular flexibility index (Phi) is 5.83. The average molecular weight is 353 g/mol. The molecule has 2 atom stereocenters. The number of amides is 1. The zero-order chi connectivity index (χ0) is 16.6. The van der Waals surface area contributed by atoms with Crippen molar-refractivity contribution >= 4 is 29.4 Å². The van der Waals surface area contributed by atoms with Crippen LogP contribution in [0.3, 0.4) is 0 Å². The van der Waals surface area contributed by atoms with E-state index in [0.29, 0.717) is 22.4 Å². The Hall–Kier alpha value is -1.66. The Balaban J connectivity index is 0.00000208. The van der Waals surface area contributed by atoms with Gasteiger partial charge in [0, 0.05) is 17.8 Å². The van der Waals surface area contributed by atoms with Crippen LogP contribution in [-0.4, -0.2) is 34.7 Å². The van der Waals surface area contributed by atoms with Crippen LogP contribution in [0.15, 0.2) is 10.6 Å². The molecule has 0 radical (unpaired) electrons. The number of rotatable bonds is 3. The Morgan fingerprint density at radius 2 is 2.21 bits per heavy atom. The summed E-state index contributed by atoms with van der Waals surface area (Å²) in [5.74, 6) is 0.137. The molecule has 1 saturated heterocycles. The standard InChI is InChI=1S/C17H24N4O2.ClH/c1-9(2)14-8-12(15-11(4)21-23-17(15)20-14)16(22)19-13-6-5-7-18-10(13)3;/h8-10,13,18H,5-7H2,1-4H3,(H,19,22);1H. The number of pyridine rings is 1. The first-order valence-electron chi connectivity index (χ1n) is 8.28. The number of carbonyl (C=O) groups is 1. The van der Waals surface area contributed by atoms with Crippen molar-refractivity contribution in [2.24, 2.45) is 0 Å². The maximum Gasteiger partial charge on any atom is 0.259 e. The lowest BCUT2D eigenvalue weighted by atomic mass is 9.98. The molecule has 2 unspecified atom stereocenters. The van der Waals surface area contributed by atoms with Gasteiger partial charge in [-0.1, -0.05) is 19.0 Å². The van der Waals surface area contributed by atoms with Crippen LogP contribution in [0.25, 0.3) is 11.1 Å². The van der Waals surface area contributed by atoms with Crippen LogP contribution in [0.4, 0.5) is 0 Å². The quantitative estimate of drug-likeness (QED) is 0.887. The normalized spacial score (nSPS) is 20.9. The van der Waals surface area contributed by atoms with Crippen molar-refractivity contribution in [1.29, 1.82) is 0 Å². The lowest BCUT2D eigenvalue weighted by molar-refractivity contribution is 0.0921. The van der Waals surface area contributed by atoms with Crippen LogP contribution in [-0.2, 0) is 0 Å². The van der Waals surface area contributed by atoms with Crippen LogP contribution >= 0.6 is 12.4 Å². The number of nitrogens with zero attached hydrogens (tertiary/aromatic N) is 2. The average Bonchev–Trinajstić information content (AvgIpc) is 2.90. The summed E-state index contributed by atoms with van der Waals surface area (Å²) in [6.07, 6.45) is 2.07. The summed E-state index contributed by atoms with van der Waals surface area (Å²) in [6.45, 7) is 9.05. The van der Waals surface area contributed by atoms with E-state index in [2.05, 4.69) is 27.7 Å². The van der Waals surface area contributed by atoms with E-state index in [9.17, 15) is 4.79 Å². The summed E-state index contributed by atoms with van der Waals surface area (Å²) in [6, 6.07) is 2.29. The molecule has 0 aliphatic carbocycles. The number of aromatic nitrogens is 2. The van der Waals surface area contributed by atoms with Gasteiger partial charge in [0.15, 0.2) is 0 Å². The van der Waals surface area contributed by atoms with Crippen molar-refractivity contribution in [2.45, 2.75) is 58.5 Å². The second-order valence-corrected chi connectivity index (χ2v) is 6.66. The molecule has 0 spiro atoms. The van der Waals surface area contributed by atoms with Gasteiger partial charge in [-0.3, -0.25) is 4.79 Å². The van der Waals surface area contributed by atoms with Gasteiger partial charge in [-0.2, -0.15) is 0 Å². The van der Waals surface area contributed by atoms with E-state index in [1.54, 1.807) is 0 Å². The lowest BCUT2D eigenvalue weighted by Gasteiger charge is -2.30. The van der Waals surface area contributed by atoms with Crippen molar-refractivity contribution in [3.63, 3.8) is 0 Å². The molecule has 1 aliphatic heterocycles. The second kappa shape index (κ2) is 7.49. The van der Waals surface area contributed by atoms with Crippen molar-refractivity contribution in [3.8, 4) is 0 Å². The zero-order valence-electron chi connectivity index (χ0n) is 14.5. The predicted octanol–water partition coefficient (Wildman–Crippen LogP) is 2.95. The van der Waals surface area contributed by atoms with Crippen LogP contribution in [0.1, 0.15) is 61.3 Å². The monoisotopic (exact) mass is 352 g/mol. The van der Waals surface area contributed by atoms with Crippen LogP contribution < -0.4 is 10.6 Å². The molecule has 1 fully saturated rings. The lowest BCUT2D eigenvalue weighted by Crippen LogP contribution is -2.51. The third-order valence-corrected chi connectivity index (χ3v) is 4.55. The number of carbonyl (C=O) groups excluding carboxylic acids is 1. The Morgan fingerprint density at radius 1 is 1.46 bits per heavy atom. The fraction of sp³-hybridized carbons (Fsp3) is 0.588. The maximum atomic E-state index is 12.9. The molecule has 1 amide bonds. The van der Waals surface area contributed by atoms with Gasteiger partial charge in [-0.05, 0) is 45.2 Å². The number of aryl methyl sites for hydroxylation is 1. The molecular weight excluding hydrogens is 328 g/mol. The smallest absolute Gasteiger partial charge is 0.259 e. The SMILES string of the molecule is Cc1noc2nc(C(C)C)cc(C(=O)NC3CCCNC3C)c12.Cl. The fourth-order valence-electron chi connectivity index (χ4n) is 3.08. The van der Waals surface area contributed by atoms with E-state index >= 15 is 0 Å². The molecule has 24 heavy (non-hydrogen) atoms. The highest BCUT2D eigenvalue weighted by molar-refractivity contribution is 6.06. The minimum Gasteiger partial charge on any atom is -0.348 e. The number of hydrogen-bond acceptors (Lipinski definition) is 5. The van der Waals surface area contributed by atoms with Gasteiger partial charge in [0.2, 0.25) is 0 Å². The van der Waals surface area contributed by atoms with E-state index in [-0.39, 0.29) is 36.3 Å². The molecule has 3 rings (SSSR count). The Labute approximate surface area is 148 Å². The molecule has 6 nitrogen and oxygen atoms in total. The van der Waals surface area contributed by atoms with Crippen LogP contribution in [0.2, 0.25) is 0 Å². The summed E-state index contributed by atoms with van der Waals surface area (Å²) < 4.78 is 5.29. The number of halogens is 1. The van der Waals surface area contributed by atoms with Gasteiger partial charge in [0.1, 0.15) is 0 Å². The molecule has 0 bridgehead atoms. The van der Waals surface area contributed by atoms with Crippen LogP contribution in [0.5, 0.6) is 0 Å². The van der Waals surface area contributed by atoms with Crippen LogP contribution in [0, 0.1) is 6.92 Å². The number of nitrogens with one attached hydrogen (secondary N) is 2. The highest BCUT2D eigenvalue weighted by atomic mass is 35.5. The summed E-state index contributed by atoms with van der Waals surface area (Å²) in [4.78, 5) is 17.3. The van der Waals surface area contributed by atoms with Gasteiger partial charge >= 0.3 is 0 Å². The Bertz CT molecular complexity index is 729. The van der Waals surface area contributed by atoms with Crippen molar-refractivity contribution in [2.75, 3.05) is 6.54 Å². The van der Waals surface area contributed by atoms with Crippen molar-refractivity contribution < 1.29 is 9.32 Å². The summed E-state index contributed by atoms with van der Waals surface area (Å²) in [5, 5.41) is 11.2. The molecule has 2 aromatic rings. The van der Waals surface area contributed by atoms with Crippen molar-refractivity contribution in [1.82, 2.24) is 20.8 Å². The van der Waals surface area contributed by atoms with Gasteiger partial charge in [-0.25, -0.2) is 4.98 Å². The summed E-state index contributed by atoms with van der Waals surface area (Å²) in [5.41, 5.74) is 2.58. The summed E-state index contributed by atoms with van der Waals surface area (Å²) in [7, 11) is 0.